The number of aromatic nitrogens is 3. The summed E-state index contributed by atoms with van der Waals surface area (Å²) in [6.45, 7) is 2.87. The van der Waals surface area contributed by atoms with Crippen LogP contribution in [0.1, 0.15) is 11.3 Å². The third kappa shape index (κ3) is 5.38. The highest BCUT2D eigenvalue weighted by Gasteiger charge is 2.30. The van der Waals surface area contributed by atoms with Gasteiger partial charge in [0.1, 0.15) is 5.69 Å². The number of nitrogens with zero attached hydrogens (tertiary/aromatic N) is 5. The van der Waals surface area contributed by atoms with Crippen molar-refractivity contribution >= 4 is 22.5 Å². The maximum absolute atomic E-state index is 14.3. The molecule has 0 spiro atoms. The number of benzene rings is 1. The first-order chi connectivity index (χ1) is 15.6. The zero-order valence-electron chi connectivity index (χ0n) is 17.7. The highest BCUT2D eigenvalue weighted by molar-refractivity contribution is 5.74. The lowest BCUT2D eigenvalue weighted by Gasteiger charge is -2.36. The largest absolute Gasteiger partial charge is 0.394 e. The van der Waals surface area contributed by atoms with E-state index in [0.29, 0.717) is 43.9 Å². The van der Waals surface area contributed by atoms with Crippen molar-refractivity contribution in [1.29, 1.82) is 0 Å². The van der Waals surface area contributed by atoms with Crippen molar-refractivity contribution in [3.8, 4) is 0 Å². The minimum Gasteiger partial charge on any atom is -0.365 e. The number of halogens is 5. The molecule has 0 amide bonds. The van der Waals surface area contributed by atoms with Crippen LogP contribution in [0, 0.1) is 5.95 Å². The summed E-state index contributed by atoms with van der Waals surface area (Å²) in [4.78, 5) is 25.9. The molecule has 7 nitrogen and oxygen atoms in total. The first-order valence-corrected chi connectivity index (χ1v) is 10.2. The van der Waals surface area contributed by atoms with Gasteiger partial charge in [-0.15, -0.1) is 0 Å². The Morgan fingerprint density at radius 2 is 1.82 bits per heavy atom. The van der Waals surface area contributed by atoms with E-state index in [1.165, 1.54) is 12.1 Å². The predicted molar refractivity (Wildman–Crippen MR) is 113 cm³/mol. The Kier molecular flexibility index (Phi) is 6.19. The predicted octanol–water partition coefficient (Wildman–Crippen LogP) is 3.20. The maximum Gasteiger partial charge on any atom is 0.394 e. The van der Waals surface area contributed by atoms with Crippen molar-refractivity contribution in [3.05, 3.63) is 57.9 Å². The summed E-state index contributed by atoms with van der Waals surface area (Å²) < 4.78 is 65.3. The number of anilines is 2. The van der Waals surface area contributed by atoms with Crippen molar-refractivity contribution in [2.24, 2.45) is 0 Å². The normalized spacial score (nSPS) is 15.3. The minimum absolute atomic E-state index is 0.107. The molecule has 0 aliphatic carbocycles. The standard InChI is InChI=1S/C21H21F5N6O/c1-30(26)18-5-4-17(19(22)29-18)32-8-6-31(7-9-32)12-13-2-3-14-15(10-13)28-20(33)16(27-14)11-21(23,24)25/h2-5,10H,6-9,11-12H2,1H3,(H,28,33). The molecule has 3 heterocycles. The minimum atomic E-state index is -4.51. The summed E-state index contributed by atoms with van der Waals surface area (Å²) in [6, 6.07) is 7.95. The summed E-state index contributed by atoms with van der Waals surface area (Å²) >= 11 is 0. The van der Waals surface area contributed by atoms with Gasteiger partial charge in [0.05, 0.1) is 23.1 Å². The number of piperazine rings is 1. The van der Waals surface area contributed by atoms with Crippen LogP contribution in [-0.2, 0) is 13.0 Å². The second kappa shape index (κ2) is 8.93. The fourth-order valence-corrected chi connectivity index (χ4v) is 3.81. The molecule has 176 valence electrons. The molecule has 0 bridgehead atoms. The van der Waals surface area contributed by atoms with Crippen LogP contribution in [0.25, 0.3) is 11.0 Å². The van der Waals surface area contributed by atoms with Gasteiger partial charge in [0, 0.05) is 39.8 Å². The van der Waals surface area contributed by atoms with E-state index in [1.54, 1.807) is 18.2 Å². The van der Waals surface area contributed by atoms with Crippen LogP contribution in [0.15, 0.2) is 35.1 Å². The van der Waals surface area contributed by atoms with Crippen LogP contribution < -0.4 is 15.6 Å². The lowest BCUT2D eigenvalue weighted by molar-refractivity contribution is -0.128. The average molecular weight is 468 g/mol. The first-order valence-electron chi connectivity index (χ1n) is 10.2. The summed E-state index contributed by atoms with van der Waals surface area (Å²) in [5, 5.41) is 0.244. The second-order valence-corrected chi connectivity index (χ2v) is 7.88. The Balaban J connectivity index is 1.41. The molecule has 0 radical (unpaired) electrons. The van der Waals surface area contributed by atoms with Gasteiger partial charge in [0.25, 0.3) is 5.56 Å². The van der Waals surface area contributed by atoms with Crippen molar-refractivity contribution in [2.75, 3.05) is 43.2 Å². The third-order valence-electron chi connectivity index (χ3n) is 5.44. The topological polar surface area (TPSA) is 68.4 Å². The molecule has 12 heteroatoms. The number of pyridine rings is 1. The summed E-state index contributed by atoms with van der Waals surface area (Å²) in [5.41, 5.74) is 0.406. The zero-order valence-corrected chi connectivity index (χ0v) is 17.7. The van der Waals surface area contributed by atoms with Crippen molar-refractivity contribution in [1.82, 2.24) is 19.9 Å². The fraction of sp³-hybridized carbons (Fsp3) is 0.381. The van der Waals surface area contributed by atoms with Gasteiger partial charge < -0.3 is 9.88 Å². The van der Waals surface area contributed by atoms with E-state index in [2.05, 4.69) is 19.9 Å². The molecule has 2 aromatic heterocycles. The summed E-state index contributed by atoms with van der Waals surface area (Å²) in [5.74, 6) is -0.842. The van der Waals surface area contributed by atoms with E-state index in [0.717, 1.165) is 12.6 Å². The second-order valence-electron chi connectivity index (χ2n) is 7.88. The molecular formula is C21H21F5N6O. The van der Waals surface area contributed by atoms with Crippen LogP contribution in [0.2, 0.25) is 0 Å². The Morgan fingerprint density at radius 3 is 2.45 bits per heavy atom. The van der Waals surface area contributed by atoms with E-state index < -0.39 is 29.8 Å². The Labute approximate surface area is 185 Å². The molecule has 1 saturated heterocycles. The van der Waals surface area contributed by atoms with Gasteiger partial charge in [0.2, 0.25) is 5.95 Å². The number of aromatic amines is 1. The van der Waals surface area contributed by atoms with E-state index in [-0.39, 0.29) is 16.5 Å². The number of hydrogen-bond acceptors (Lipinski definition) is 6. The van der Waals surface area contributed by atoms with Gasteiger partial charge in [0.15, 0.2) is 5.82 Å². The highest BCUT2D eigenvalue weighted by atomic mass is 19.4. The van der Waals surface area contributed by atoms with Crippen LogP contribution in [0.4, 0.5) is 33.5 Å². The van der Waals surface area contributed by atoms with Crippen LogP contribution in [0.3, 0.4) is 0 Å². The van der Waals surface area contributed by atoms with Gasteiger partial charge in [-0.25, -0.2) is 4.98 Å². The van der Waals surface area contributed by atoms with Crippen molar-refractivity contribution in [2.45, 2.75) is 19.1 Å². The molecule has 1 aliphatic rings. The van der Waals surface area contributed by atoms with Crippen LogP contribution in [0.5, 0.6) is 0 Å². The smallest absolute Gasteiger partial charge is 0.365 e. The Bertz CT molecular complexity index is 1200. The number of alkyl halides is 3. The molecule has 1 fully saturated rings. The molecule has 3 aromatic rings. The molecule has 33 heavy (non-hydrogen) atoms. The van der Waals surface area contributed by atoms with Gasteiger partial charge in [-0.2, -0.15) is 27.7 Å². The van der Waals surface area contributed by atoms with Gasteiger partial charge in [-0.3, -0.25) is 9.69 Å². The average Bonchev–Trinajstić information content (AvgIpc) is 2.74. The molecule has 0 atom stereocenters. The van der Waals surface area contributed by atoms with Crippen molar-refractivity contribution < 1.29 is 22.0 Å². The van der Waals surface area contributed by atoms with Gasteiger partial charge in [-0.05, 0) is 29.8 Å². The number of hydrogen-bond donors (Lipinski definition) is 1. The number of nitrogens with one attached hydrogen (secondary N) is 1. The van der Waals surface area contributed by atoms with Crippen LogP contribution >= 0.6 is 0 Å². The van der Waals surface area contributed by atoms with E-state index in [9.17, 15) is 26.8 Å². The quantitative estimate of drug-likeness (QED) is 0.353. The van der Waals surface area contributed by atoms with E-state index >= 15 is 0 Å². The summed E-state index contributed by atoms with van der Waals surface area (Å²) in [6.07, 6.45) is -5.89. The molecular weight excluding hydrogens is 447 g/mol. The lowest BCUT2D eigenvalue weighted by Crippen LogP contribution is -2.46. The molecule has 4 rings (SSSR count). The Hall–Kier alpha value is -3.28. The van der Waals surface area contributed by atoms with E-state index in [1.807, 2.05) is 4.90 Å². The Morgan fingerprint density at radius 1 is 1.09 bits per heavy atom. The monoisotopic (exact) mass is 468 g/mol. The van der Waals surface area contributed by atoms with Crippen LogP contribution in [-0.4, -0.2) is 59.3 Å². The molecule has 1 N–H and O–H groups in total. The van der Waals surface area contributed by atoms with Gasteiger partial charge in [-0.1, -0.05) is 10.5 Å². The molecule has 1 aromatic carbocycles. The highest BCUT2D eigenvalue weighted by Crippen LogP contribution is 2.24. The molecule has 0 saturated carbocycles. The zero-order chi connectivity index (χ0) is 23.8. The first kappa shape index (κ1) is 22.9. The number of rotatable bonds is 5. The van der Waals surface area contributed by atoms with Crippen molar-refractivity contribution in [3.63, 3.8) is 0 Å². The lowest BCUT2D eigenvalue weighted by atomic mass is 10.1. The number of fused-ring (bicyclic) bond motifs is 1. The van der Waals surface area contributed by atoms with Gasteiger partial charge >= 0.3 is 6.18 Å². The number of H-pyrrole nitrogens is 1. The third-order valence-corrected chi connectivity index (χ3v) is 5.44. The molecule has 1 aliphatic heterocycles. The fourth-order valence-electron chi connectivity index (χ4n) is 3.81. The summed E-state index contributed by atoms with van der Waals surface area (Å²) in [7, 11) is 1.14. The maximum atomic E-state index is 14.3. The molecule has 0 unspecified atom stereocenters. The van der Waals surface area contributed by atoms with E-state index in [4.69, 9.17) is 0 Å². The SMILES string of the molecule is CN(F)c1ccc(N2CCN(Cc3ccc4nc(CC(F)(F)F)c(=O)[nH]c4c3)CC2)c(F)n1.